The van der Waals surface area contributed by atoms with Crippen LogP contribution in [0.3, 0.4) is 0 Å². The van der Waals surface area contributed by atoms with Gasteiger partial charge in [0.1, 0.15) is 45.6 Å². The van der Waals surface area contributed by atoms with Crippen molar-refractivity contribution in [3.63, 3.8) is 0 Å². The Morgan fingerprint density at radius 1 is 1.14 bits per heavy atom. The van der Waals surface area contributed by atoms with Crippen molar-refractivity contribution >= 4 is 66.9 Å². The van der Waals surface area contributed by atoms with Gasteiger partial charge in [-0.3, -0.25) is 10.2 Å². The first-order chi connectivity index (χ1) is 23.3. The number of likely N-dealkylation sites (tertiary alicyclic amines) is 1. The number of ether oxygens (including phenoxy) is 3. The van der Waals surface area contributed by atoms with Gasteiger partial charge in [-0.25, -0.2) is 22.8 Å². The van der Waals surface area contributed by atoms with Gasteiger partial charge in [0.2, 0.25) is 0 Å². The number of hydrogen-bond acceptors (Lipinski definition) is 10. The number of halogens is 4. The maximum atomic E-state index is 16.7. The molecule has 0 saturated carbocycles. The van der Waals surface area contributed by atoms with E-state index in [2.05, 4.69) is 20.6 Å². The predicted molar refractivity (Wildman–Crippen MR) is 186 cm³/mol. The minimum absolute atomic E-state index is 0.00748. The predicted octanol–water partition coefficient (Wildman–Crippen LogP) is 8.82. The summed E-state index contributed by atoms with van der Waals surface area (Å²) < 4.78 is 62.8. The molecule has 1 fully saturated rings. The fourth-order valence-corrected chi connectivity index (χ4v) is 7.08. The van der Waals surface area contributed by atoms with E-state index in [1.165, 1.54) is 24.1 Å². The Morgan fingerprint density at radius 3 is 2.44 bits per heavy atom. The van der Waals surface area contributed by atoms with Crippen molar-refractivity contribution in [3.8, 4) is 23.2 Å². The van der Waals surface area contributed by atoms with Gasteiger partial charge in [0.25, 0.3) is 0 Å². The van der Waals surface area contributed by atoms with Crippen LogP contribution in [0.15, 0.2) is 18.2 Å². The van der Waals surface area contributed by atoms with E-state index < -0.39 is 53.3 Å². The fraction of sp³-hybridized carbons (Fsp3) is 0.441. The standard InChI is InChI=1S/C34H36ClF3N6O5S/c1-15-22(37)11-16(44(15)32(46)49-34(5,6)7)14-40-28-18-12-20(35)24(25(38)26(18)41-30(42-28)47-8)17-9-10-21(36)27-23(17)19(13-39)29(50-27)43-31(45)48-33(2,3)4/h9-10,12,15-16,22H,11,14H2,1-8H3,(H,43,45)(H,40,41,42). The molecule has 4 aromatic rings. The third kappa shape index (κ3) is 7.32. The zero-order valence-corrected chi connectivity index (χ0v) is 30.2. The minimum Gasteiger partial charge on any atom is -0.467 e. The maximum absolute atomic E-state index is 16.7. The minimum atomic E-state index is -1.30. The number of carbonyl (C=O) groups is 2. The molecule has 0 aliphatic carbocycles. The molecule has 3 unspecified atom stereocenters. The van der Waals surface area contributed by atoms with Crippen LogP contribution < -0.4 is 15.4 Å². The molecular weight excluding hydrogens is 697 g/mol. The fourth-order valence-electron chi connectivity index (χ4n) is 5.72. The summed E-state index contributed by atoms with van der Waals surface area (Å²) in [5.74, 6) is -1.53. The third-order valence-electron chi connectivity index (χ3n) is 7.79. The molecular formula is C34H36ClF3N6O5S. The number of anilines is 2. The number of methoxy groups -OCH3 is 1. The Hall–Kier alpha value is -4.55. The van der Waals surface area contributed by atoms with Crippen LogP contribution in [0.25, 0.3) is 32.1 Å². The van der Waals surface area contributed by atoms with E-state index in [-0.39, 0.29) is 72.5 Å². The molecule has 50 heavy (non-hydrogen) atoms. The van der Waals surface area contributed by atoms with Gasteiger partial charge < -0.3 is 19.5 Å². The second-order valence-electron chi connectivity index (χ2n) is 13.8. The highest BCUT2D eigenvalue weighted by molar-refractivity contribution is 7.23. The van der Waals surface area contributed by atoms with Gasteiger partial charge in [-0.2, -0.15) is 15.2 Å². The number of fused-ring (bicyclic) bond motifs is 2. The van der Waals surface area contributed by atoms with Crippen molar-refractivity contribution in [2.75, 3.05) is 24.3 Å². The van der Waals surface area contributed by atoms with Gasteiger partial charge >= 0.3 is 18.2 Å². The first-order valence-electron chi connectivity index (χ1n) is 15.6. The zero-order valence-electron chi connectivity index (χ0n) is 28.6. The number of alkyl halides is 1. The highest BCUT2D eigenvalue weighted by Gasteiger charge is 2.43. The number of nitrogens with zero attached hydrogens (tertiary/aromatic N) is 4. The van der Waals surface area contributed by atoms with Crippen molar-refractivity contribution < 1.29 is 37.0 Å². The molecule has 1 aliphatic rings. The summed E-state index contributed by atoms with van der Waals surface area (Å²) in [6.07, 6.45) is -2.80. The molecule has 0 bridgehead atoms. The van der Waals surface area contributed by atoms with Crippen LogP contribution in [-0.4, -0.2) is 70.2 Å². The van der Waals surface area contributed by atoms with Gasteiger partial charge in [-0.1, -0.05) is 17.7 Å². The number of amides is 2. The van der Waals surface area contributed by atoms with Crippen LogP contribution in [0.5, 0.6) is 6.01 Å². The second-order valence-corrected chi connectivity index (χ2v) is 15.2. The molecule has 2 aromatic carbocycles. The highest BCUT2D eigenvalue weighted by Crippen LogP contribution is 2.46. The van der Waals surface area contributed by atoms with E-state index in [0.29, 0.717) is 0 Å². The number of hydrogen-bond donors (Lipinski definition) is 2. The lowest BCUT2D eigenvalue weighted by Crippen LogP contribution is -2.46. The van der Waals surface area contributed by atoms with Gasteiger partial charge in [0.15, 0.2) is 5.82 Å². The Balaban J connectivity index is 1.58. The topological polar surface area (TPSA) is 139 Å². The first-order valence-corrected chi connectivity index (χ1v) is 16.8. The van der Waals surface area contributed by atoms with Gasteiger partial charge in [-0.05, 0) is 66.2 Å². The summed E-state index contributed by atoms with van der Waals surface area (Å²) in [6, 6.07) is 4.21. The van der Waals surface area contributed by atoms with E-state index in [9.17, 15) is 19.2 Å². The monoisotopic (exact) mass is 732 g/mol. The lowest BCUT2D eigenvalue weighted by Gasteiger charge is -2.31. The number of rotatable bonds is 6. The van der Waals surface area contributed by atoms with E-state index in [1.807, 2.05) is 6.07 Å². The first kappa shape index (κ1) is 36.7. The molecule has 3 heterocycles. The summed E-state index contributed by atoms with van der Waals surface area (Å²) >= 11 is 7.53. The molecule has 1 aliphatic heterocycles. The summed E-state index contributed by atoms with van der Waals surface area (Å²) in [7, 11) is 1.30. The Bertz CT molecular complexity index is 2040. The van der Waals surface area contributed by atoms with Crippen molar-refractivity contribution in [1.29, 1.82) is 5.26 Å². The van der Waals surface area contributed by atoms with Gasteiger partial charge in [0.05, 0.1) is 34.5 Å². The normalized spacial score (nSPS) is 17.9. The van der Waals surface area contributed by atoms with Crippen LogP contribution in [0.4, 0.5) is 33.6 Å². The van der Waals surface area contributed by atoms with Crippen LogP contribution in [0, 0.1) is 23.0 Å². The molecule has 5 rings (SSSR count). The summed E-state index contributed by atoms with van der Waals surface area (Å²) in [6.45, 7) is 11.8. The third-order valence-corrected chi connectivity index (χ3v) is 9.21. The van der Waals surface area contributed by atoms with Gasteiger partial charge in [-0.15, -0.1) is 11.3 Å². The van der Waals surface area contributed by atoms with E-state index >= 15 is 8.78 Å². The highest BCUT2D eigenvalue weighted by atomic mass is 35.5. The largest absolute Gasteiger partial charge is 0.467 e. The van der Waals surface area contributed by atoms with E-state index in [1.54, 1.807) is 48.5 Å². The van der Waals surface area contributed by atoms with Crippen LogP contribution in [0.1, 0.15) is 60.5 Å². The average molecular weight is 733 g/mol. The summed E-state index contributed by atoms with van der Waals surface area (Å²) in [5, 5.41) is 15.8. The summed E-state index contributed by atoms with van der Waals surface area (Å²) in [4.78, 5) is 35.5. The Morgan fingerprint density at radius 2 is 1.82 bits per heavy atom. The SMILES string of the molecule is COc1nc(NCC2CC(F)C(C)N2C(=O)OC(C)(C)C)c2cc(Cl)c(-c3ccc(F)c4sc(NC(=O)OC(C)(C)C)c(C#N)c34)c(F)c2n1. The van der Waals surface area contributed by atoms with Crippen LogP contribution >= 0.6 is 22.9 Å². The number of thiophene rings is 1. The van der Waals surface area contributed by atoms with Crippen molar-refractivity contribution in [3.05, 3.63) is 40.4 Å². The number of nitrogens with one attached hydrogen (secondary N) is 2. The number of benzene rings is 2. The van der Waals surface area contributed by atoms with E-state index in [0.717, 1.165) is 17.4 Å². The molecule has 16 heteroatoms. The van der Waals surface area contributed by atoms with Gasteiger partial charge in [0, 0.05) is 29.3 Å². The molecule has 2 amide bonds. The van der Waals surface area contributed by atoms with Crippen molar-refractivity contribution in [2.24, 2.45) is 0 Å². The lowest BCUT2D eigenvalue weighted by molar-refractivity contribution is 0.0148. The molecule has 1 saturated heterocycles. The maximum Gasteiger partial charge on any atom is 0.412 e. The summed E-state index contributed by atoms with van der Waals surface area (Å²) in [5.41, 5.74) is -2.08. The number of aromatic nitrogens is 2. The molecule has 3 atom stereocenters. The molecule has 266 valence electrons. The zero-order chi connectivity index (χ0) is 36.9. The van der Waals surface area contributed by atoms with Crippen molar-refractivity contribution in [2.45, 2.75) is 84.3 Å². The smallest absolute Gasteiger partial charge is 0.412 e. The number of carbonyl (C=O) groups excluding carboxylic acids is 2. The van der Waals surface area contributed by atoms with E-state index in [4.69, 9.17) is 25.8 Å². The quantitative estimate of drug-likeness (QED) is 0.199. The second kappa shape index (κ2) is 13.6. The molecule has 2 aromatic heterocycles. The Labute approximate surface area is 295 Å². The van der Waals surface area contributed by atoms with Crippen LogP contribution in [-0.2, 0) is 9.47 Å². The number of nitriles is 1. The molecule has 2 N–H and O–H groups in total. The molecule has 0 spiro atoms. The van der Waals surface area contributed by atoms with Crippen LogP contribution in [0.2, 0.25) is 5.02 Å². The van der Waals surface area contributed by atoms with Crippen molar-refractivity contribution in [1.82, 2.24) is 14.9 Å². The lowest BCUT2D eigenvalue weighted by atomic mass is 9.97. The molecule has 0 radical (unpaired) electrons. The molecule has 11 nitrogen and oxygen atoms in total. The average Bonchev–Trinajstić information content (AvgIpc) is 3.51. The Kier molecular flexibility index (Phi) is 10.0.